The fraction of sp³-hybridized carbons (Fsp3) is 0.0909. The third-order valence-corrected chi connectivity index (χ3v) is 4.46. The van der Waals surface area contributed by atoms with Gasteiger partial charge in [0.05, 0.1) is 27.1 Å². The van der Waals surface area contributed by atoms with Crippen molar-refractivity contribution < 1.29 is 0 Å². The van der Waals surface area contributed by atoms with Crippen LogP contribution in [0.15, 0.2) is 28.3 Å². The number of rotatable bonds is 2. The second-order valence-corrected chi connectivity index (χ2v) is 6.71. The number of halogens is 2. The molecule has 3 heterocycles. The molecule has 4 nitrogen and oxygen atoms in total. The van der Waals surface area contributed by atoms with Gasteiger partial charge in [0.1, 0.15) is 5.52 Å². The normalized spacial score (nSPS) is 11.2. The number of nitrogen functional groups attached to an aromatic ring is 1. The number of aromatic nitrogens is 3. The van der Waals surface area contributed by atoms with Crippen molar-refractivity contribution >= 4 is 55.8 Å². The highest BCUT2D eigenvalue weighted by Gasteiger charge is 2.12. The lowest BCUT2D eigenvalue weighted by Crippen LogP contribution is -2.03. The first kappa shape index (κ1) is 12.0. The van der Waals surface area contributed by atoms with Crippen molar-refractivity contribution in [2.75, 3.05) is 5.73 Å². The Balaban J connectivity index is 2.13. The molecule has 0 aromatic carbocycles. The number of thiophene rings is 1. The summed E-state index contributed by atoms with van der Waals surface area (Å²) in [5.41, 5.74) is 7.48. The Morgan fingerprint density at radius 2 is 2.22 bits per heavy atom. The molecule has 0 saturated carbocycles. The van der Waals surface area contributed by atoms with Gasteiger partial charge in [-0.05, 0) is 28.1 Å². The van der Waals surface area contributed by atoms with E-state index in [4.69, 9.17) is 17.3 Å². The van der Waals surface area contributed by atoms with Crippen LogP contribution < -0.4 is 5.73 Å². The molecule has 92 valence electrons. The van der Waals surface area contributed by atoms with Crippen LogP contribution >= 0.6 is 38.9 Å². The highest BCUT2D eigenvalue weighted by Crippen LogP contribution is 2.28. The third kappa shape index (κ3) is 2.00. The van der Waals surface area contributed by atoms with Gasteiger partial charge in [-0.25, -0.2) is 4.98 Å². The number of hydrogen-bond acceptors (Lipinski definition) is 4. The van der Waals surface area contributed by atoms with Gasteiger partial charge < -0.3 is 10.3 Å². The van der Waals surface area contributed by atoms with E-state index in [-0.39, 0.29) is 0 Å². The molecule has 0 radical (unpaired) electrons. The molecular weight excluding hydrogens is 336 g/mol. The van der Waals surface area contributed by atoms with E-state index in [0.717, 1.165) is 14.8 Å². The zero-order chi connectivity index (χ0) is 12.7. The maximum atomic E-state index is 6.16. The first-order valence-corrected chi connectivity index (χ1v) is 7.13. The minimum Gasteiger partial charge on any atom is -0.369 e. The number of nitrogens with zero attached hydrogens (tertiary/aromatic N) is 3. The predicted molar refractivity (Wildman–Crippen MR) is 78.1 cm³/mol. The Labute approximate surface area is 121 Å². The molecule has 0 aliphatic rings. The van der Waals surface area contributed by atoms with Gasteiger partial charge in [0.25, 0.3) is 0 Å². The summed E-state index contributed by atoms with van der Waals surface area (Å²) in [4.78, 5) is 9.45. The first-order valence-electron chi connectivity index (χ1n) is 5.14. The molecule has 3 aromatic heterocycles. The van der Waals surface area contributed by atoms with Gasteiger partial charge in [-0.2, -0.15) is 0 Å². The van der Waals surface area contributed by atoms with Gasteiger partial charge in [0.15, 0.2) is 0 Å². The maximum Gasteiger partial charge on any atom is 0.201 e. The van der Waals surface area contributed by atoms with Crippen molar-refractivity contribution in [2.24, 2.45) is 0 Å². The first-order chi connectivity index (χ1) is 8.65. The smallest absolute Gasteiger partial charge is 0.201 e. The van der Waals surface area contributed by atoms with Crippen molar-refractivity contribution in [1.29, 1.82) is 0 Å². The van der Waals surface area contributed by atoms with Gasteiger partial charge in [0.2, 0.25) is 5.95 Å². The lowest BCUT2D eigenvalue weighted by atomic mass is 10.4. The molecule has 3 rings (SSSR count). The van der Waals surface area contributed by atoms with E-state index in [1.165, 1.54) is 4.88 Å². The minimum absolute atomic E-state index is 0.449. The summed E-state index contributed by atoms with van der Waals surface area (Å²) in [7, 11) is 0. The van der Waals surface area contributed by atoms with Gasteiger partial charge in [-0.15, -0.1) is 11.3 Å². The zero-order valence-corrected chi connectivity index (χ0v) is 12.3. The molecule has 0 atom stereocenters. The number of anilines is 1. The Hall–Kier alpha value is -1.11. The van der Waals surface area contributed by atoms with Crippen LogP contribution in [0, 0.1) is 0 Å². The molecule has 3 aromatic rings. The molecule has 0 aliphatic heterocycles. The number of pyridine rings is 1. The molecule has 0 spiro atoms. The molecule has 0 bridgehead atoms. The SMILES string of the molecule is Nc1nc2cncc(Cl)c2n1Cc1ccc(Br)s1. The molecule has 0 aliphatic carbocycles. The average Bonchev–Trinajstić information content (AvgIpc) is 2.85. The highest BCUT2D eigenvalue weighted by atomic mass is 79.9. The second kappa shape index (κ2) is 4.53. The van der Waals surface area contributed by atoms with E-state index in [9.17, 15) is 0 Å². The molecule has 7 heteroatoms. The summed E-state index contributed by atoms with van der Waals surface area (Å²) in [6, 6.07) is 4.06. The van der Waals surface area contributed by atoms with E-state index in [1.807, 2.05) is 10.6 Å². The summed E-state index contributed by atoms with van der Waals surface area (Å²) in [6.45, 7) is 0.655. The van der Waals surface area contributed by atoms with Crippen LogP contribution in [0.1, 0.15) is 4.88 Å². The molecule has 2 N–H and O–H groups in total. The molecule has 0 saturated heterocycles. The van der Waals surface area contributed by atoms with E-state index in [2.05, 4.69) is 32.0 Å². The lowest BCUT2D eigenvalue weighted by molar-refractivity contribution is 0.852. The van der Waals surface area contributed by atoms with Crippen LogP contribution in [0.5, 0.6) is 0 Å². The molecule has 0 unspecified atom stereocenters. The zero-order valence-electron chi connectivity index (χ0n) is 9.10. The van der Waals surface area contributed by atoms with Crippen LogP contribution in [0.2, 0.25) is 5.02 Å². The van der Waals surface area contributed by atoms with Gasteiger partial charge in [0, 0.05) is 11.1 Å². The number of hydrogen-bond donors (Lipinski definition) is 1. The Morgan fingerprint density at radius 3 is 2.94 bits per heavy atom. The summed E-state index contributed by atoms with van der Waals surface area (Å²) >= 11 is 11.3. The van der Waals surface area contributed by atoms with Crippen LogP contribution in [0.4, 0.5) is 5.95 Å². The molecule has 0 amide bonds. The van der Waals surface area contributed by atoms with Gasteiger partial charge in [-0.3, -0.25) is 4.98 Å². The monoisotopic (exact) mass is 342 g/mol. The fourth-order valence-electron chi connectivity index (χ4n) is 1.82. The van der Waals surface area contributed by atoms with E-state index >= 15 is 0 Å². The molecule has 0 fully saturated rings. The predicted octanol–water partition coefficient (Wildman–Crippen LogP) is 3.54. The summed E-state index contributed by atoms with van der Waals surface area (Å²) in [6.07, 6.45) is 3.27. The lowest BCUT2D eigenvalue weighted by Gasteiger charge is -2.05. The standard InChI is InChI=1S/C11H8BrClN4S/c12-9-2-1-6(18-9)5-17-10-7(13)3-15-4-8(10)16-11(17)14/h1-4H,5H2,(H2,14,16). The van der Waals surface area contributed by atoms with E-state index in [1.54, 1.807) is 23.7 Å². The third-order valence-electron chi connectivity index (χ3n) is 2.58. The molecule has 18 heavy (non-hydrogen) atoms. The van der Waals surface area contributed by atoms with Crippen LogP contribution in [-0.4, -0.2) is 14.5 Å². The van der Waals surface area contributed by atoms with Gasteiger partial charge >= 0.3 is 0 Å². The average molecular weight is 344 g/mol. The summed E-state index contributed by atoms with van der Waals surface area (Å²) in [5.74, 6) is 0.449. The van der Waals surface area contributed by atoms with Crippen molar-refractivity contribution in [3.63, 3.8) is 0 Å². The minimum atomic E-state index is 0.449. The maximum absolute atomic E-state index is 6.16. The summed E-state index contributed by atoms with van der Waals surface area (Å²) < 4.78 is 2.99. The van der Waals surface area contributed by atoms with Crippen molar-refractivity contribution in [2.45, 2.75) is 6.54 Å². The molecular formula is C11H8BrClN4S. The summed E-state index contributed by atoms with van der Waals surface area (Å²) in [5, 5.41) is 0.562. The number of fused-ring (bicyclic) bond motifs is 1. The van der Waals surface area contributed by atoms with Crippen molar-refractivity contribution in [1.82, 2.24) is 14.5 Å². The van der Waals surface area contributed by atoms with E-state index < -0.39 is 0 Å². The second-order valence-electron chi connectivity index (χ2n) is 3.75. The van der Waals surface area contributed by atoms with Crippen molar-refractivity contribution in [3.8, 4) is 0 Å². The van der Waals surface area contributed by atoms with Crippen LogP contribution in [-0.2, 0) is 6.54 Å². The Bertz CT molecular complexity index is 721. The Morgan fingerprint density at radius 1 is 1.39 bits per heavy atom. The fourth-order valence-corrected chi connectivity index (χ4v) is 3.55. The highest BCUT2D eigenvalue weighted by molar-refractivity contribution is 9.11. The quantitative estimate of drug-likeness (QED) is 0.774. The topological polar surface area (TPSA) is 56.7 Å². The van der Waals surface area contributed by atoms with Crippen LogP contribution in [0.25, 0.3) is 11.0 Å². The van der Waals surface area contributed by atoms with Gasteiger partial charge in [-0.1, -0.05) is 11.6 Å². The van der Waals surface area contributed by atoms with E-state index in [0.29, 0.717) is 17.5 Å². The number of imidazole rings is 1. The Kier molecular flexibility index (Phi) is 3.01. The van der Waals surface area contributed by atoms with Crippen molar-refractivity contribution in [3.05, 3.63) is 38.2 Å². The van der Waals surface area contributed by atoms with Crippen LogP contribution in [0.3, 0.4) is 0 Å². The largest absolute Gasteiger partial charge is 0.369 e. The number of nitrogens with two attached hydrogens (primary N) is 1.